The number of nitrogens with zero attached hydrogens (tertiary/aromatic N) is 1. The number of carbonyl (C=O) groups excluding carboxylic acids is 1. The van der Waals surface area contributed by atoms with Gasteiger partial charge in [-0.3, -0.25) is 9.63 Å². The Morgan fingerprint density at radius 3 is 2.88 bits per heavy atom. The molecule has 1 aliphatic heterocycles. The van der Waals surface area contributed by atoms with E-state index in [1.807, 2.05) is 24.3 Å². The van der Waals surface area contributed by atoms with Crippen LogP contribution in [0.25, 0.3) is 0 Å². The molecule has 2 rings (SSSR count). The van der Waals surface area contributed by atoms with E-state index in [-0.39, 0.29) is 5.91 Å². The van der Waals surface area contributed by atoms with Crippen molar-refractivity contribution in [2.45, 2.75) is 19.3 Å². The van der Waals surface area contributed by atoms with Crippen LogP contribution in [0.2, 0.25) is 0 Å². The summed E-state index contributed by atoms with van der Waals surface area (Å²) in [6.07, 6.45) is 2.74. The molecule has 0 atom stereocenters. The topological polar surface area (TPSA) is 55.6 Å². The largest absolute Gasteiger partial charge is 0.330 e. The van der Waals surface area contributed by atoms with Crippen LogP contribution < -0.4 is 5.73 Å². The molecule has 0 spiro atoms. The molecule has 1 saturated heterocycles. The molecule has 4 heteroatoms. The third-order valence-electron chi connectivity index (χ3n) is 2.89. The molecule has 0 radical (unpaired) electrons. The van der Waals surface area contributed by atoms with Crippen LogP contribution in [0, 0.1) is 0 Å². The van der Waals surface area contributed by atoms with Gasteiger partial charge < -0.3 is 5.73 Å². The van der Waals surface area contributed by atoms with E-state index >= 15 is 0 Å². The second kappa shape index (κ2) is 5.80. The molecule has 1 amide bonds. The van der Waals surface area contributed by atoms with Gasteiger partial charge in [0.15, 0.2) is 0 Å². The summed E-state index contributed by atoms with van der Waals surface area (Å²) in [7, 11) is 0. The Morgan fingerprint density at radius 1 is 1.35 bits per heavy atom. The lowest BCUT2D eigenvalue weighted by molar-refractivity contribution is -0.144. The summed E-state index contributed by atoms with van der Waals surface area (Å²) >= 11 is 0. The molecule has 1 aromatic carbocycles. The van der Waals surface area contributed by atoms with Crippen molar-refractivity contribution < 1.29 is 9.63 Å². The van der Waals surface area contributed by atoms with Crippen LogP contribution in [0.4, 0.5) is 0 Å². The van der Waals surface area contributed by atoms with Gasteiger partial charge in [0.2, 0.25) is 0 Å². The molecule has 0 aliphatic carbocycles. The minimum absolute atomic E-state index is 0.0475. The van der Waals surface area contributed by atoms with E-state index in [0.29, 0.717) is 25.3 Å². The lowest BCUT2D eigenvalue weighted by Crippen LogP contribution is -2.36. The third kappa shape index (κ3) is 2.84. The van der Waals surface area contributed by atoms with Crippen molar-refractivity contribution in [3.05, 3.63) is 35.4 Å². The van der Waals surface area contributed by atoms with E-state index in [0.717, 1.165) is 24.8 Å². The van der Waals surface area contributed by atoms with Gasteiger partial charge in [-0.1, -0.05) is 18.2 Å². The first-order valence-corrected chi connectivity index (χ1v) is 6.05. The zero-order chi connectivity index (χ0) is 12.1. The van der Waals surface area contributed by atoms with E-state index in [9.17, 15) is 4.79 Å². The number of rotatable bonds is 3. The van der Waals surface area contributed by atoms with Crippen molar-refractivity contribution in [1.82, 2.24) is 5.06 Å². The summed E-state index contributed by atoms with van der Waals surface area (Å²) in [6, 6.07) is 7.59. The number of hydroxylamine groups is 2. The molecule has 17 heavy (non-hydrogen) atoms. The highest BCUT2D eigenvalue weighted by Crippen LogP contribution is 2.15. The predicted octanol–water partition coefficient (Wildman–Crippen LogP) is 1.36. The molecule has 2 N–H and O–H groups in total. The quantitative estimate of drug-likeness (QED) is 0.859. The van der Waals surface area contributed by atoms with Crippen molar-refractivity contribution in [3.8, 4) is 0 Å². The Labute approximate surface area is 101 Å². The molecule has 1 fully saturated rings. The van der Waals surface area contributed by atoms with E-state index < -0.39 is 0 Å². The van der Waals surface area contributed by atoms with Crippen LogP contribution in [0.5, 0.6) is 0 Å². The number of carbonyl (C=O) groups is 1. The van der Waals surface area contributed by atoms with Gasteiger partial charge in [0.25, 0.3) is 5.91 Å². The van der Waals surface area contributed by atoms with Gasteiger partial charge in [-0.05, 0) is 37.4 Å². The fourth-order valence-electron chi connectivity index (χ4n) is 1.99. The first-order valence-electron chi connectivity index (χ1n) is 6.05. The molecule has 0 bridgehead atoms. The zero-order valence-corrected chi connectivity index (χ0v) is 9.89. The minimum Gasteiger partial charge on any atom is -0.330 e. The van der Waals surface area contributed by atoms with Gasteiger partial charge in [0.05, 0.1) is 6.61 Å². The summed E-state index contributed by atoms with van der Waals surface area (Å²) in [5.74, 6) is -0.0475. The Hall–Kier alpha value is -1.39. The molecule has 0 unspecified atom stereocenters. The van der Waals surface area contributed by atoms with Gasteiger partial charge in [0.1, 0.15) is 0 Å². The van der Waals surface area contributed by atoms with E-state index in [1.54, 1.807) is 0 Å². The lowest BCUT2D eigenvalue weighted by Gasteiger charge is -2.26. The maximum Gasteiger partial charge on any atom is 0.277 e. The lowest BCUT2D eigenvalue weighted by atomic mass is 10.0. The highest BCUT2D eigenvalue weighted by Gasteiger charge is 2.21. The normalized spacial score (nSPS) is 15.9. The molecule has 1 aliphatic rings. The molecular weight excluding hydrogens is 216 g/mol. The van der Waals surface area contributed by atoms with E-state index in [4.69, 9.17) is 10.6 Å². The molecular formula is C13H18N2O2. The monoisotopic (exact) mass is 234 g/mol. The molecule has 1 heterocycles. The SMILES string of the molecule is NCCc1ccccc1C(=O)N1CCCCO1. The number of hydrogen-bond acceptors (Lipinski definition) is 3. The van der Waals surface area contributed by atoms with Gasteiger partial charge in [-0.15, -0.1) is 0 Å². The van der Waals surface area contributed by atoms with Crippen molar-refractivity contribution in [3.63, 3.8) is 0 Å². The Kier molecular flexibility index (Phi) is 4.12. The van der Waals surface area contributed by atoms with Gasteiger partial charge in [0, 0.05) is 12.1 Å². The fourth-order valence-corrected chi connectivity index (χ4v) is 1.99. The van der Waals surface area contributed by atoms with E-state index in [2.05, 4.69) is 0 Å². The predicted molar refractivity (Wildman–Crippen MR) is 65.4 cm³/mol. The molecule has 1 aromatic rings. The van der Waals surface area contributed by atoms with Crippen molar-refractivity contribution >= 4 is 5.91 Å². The second-order valence-electron chi connectivity index (χ2n) is 4.14. The average molecular weight is 234 g/mol. The Bertz CT molecular complexity index is 387. The van der Waals surface area contributed by atoms with E-state index in [1.165, 1.54) is 5.06 Å². The number of hydrogen-bond donors (Lipinski definition) is 1. The van der Waals surface area contributed by atoms with Crippen molar-refractivity contribution in [2.24, 2.45) is 5.73 Å². The van der Waals surface area contributed by atoms with Gasteiger partial charge in [-0.25, -0.2) is 5.06 Å². The molecule has 4 nitrogen and oxygen atoms in total. The fraction of sp³-hybridized carbons (Fsp3) is 0.462. The maximum atomic E-state index is 12.3. The molecule has 0 aromatic heterocycles. The summed E-state index contributed by atoms with van der Waals surface area (Å²) in [6.45, 7) is 1.85. The summed E-state index contributed by atoms with van der Waals surface area (Å²) in [5.41, 5.74) is 7.25. The van der Waals surface area contributed by atoms with Crippen molar-refractivity contribution in [1.29, 1.82) is 0 Å². The van der Waals surface area contributed by atoms with Crippen LogP contribution in [-0.2, 0) is 11.3 Å². The number of amides is 1. The van der Waals surface area contributed by atoms with Crippen molar-refractivity contribution in [2.75, 3.05) is 19.7 Å². The summed E-state index contributed by atoms with van der Waals surface area (Å²) in [4.78, 5) is 17.6. The first kappa shape index (κ1) is 12.1. The highest BCUT2D eigenvalue weighted by atomic mass is 16.7. The smallest absolute Gasteiger partial charge is 0.277 e. The van der Waals surface area contributed by atoms with Crippen LogP contribution in [0.3, 0.4) is 0 Å². The summed E-state index contributed by atoms with van der Waals surface area (Å²) in [5, 5.41) is 1.47. The number of nitrogens with two attached hydrogens (primary N) is 1. The number of benzene rings is 1. The summed E-state index contributed by atoms with van der Waals surface area (Å²) < 4.78 is 0. The third-order valence-corrected chi connectivity index (χ3v) is 2.89. The van der Waals surface area contributed by atoms with Gasteiger partial charge >= 0.3 is 0 Å². The van der Waals surface area contributed by atoms with Crippen LogP contribution in [0.15, 0.2) is 24.3 Å². The second-order valence-corrected chi connectivity index (χ2v) is 4.14. The minimum atomic E-state index is -0.0475. The zero-order valence-electron chi connectivity index (χ0n) is 9.89. The van der Waals surface area contributed by atoms with Crippen LogP contribution in [-0.4, -0.2) is 30.7 Å². The van der Waals surface area contributed by atoms with Crippen LogP contribution >= 0.6 is 0 Å². The maximum absolute atomic E-state index is 12.3. The average Bonchev–Trinajstić information content (AvgIpc) is 2.40. The Balaban J connectivity index is 2.17. The standard InChI is InChI=1S/C13H18N2O2/c14-8-7-11-5-1-2-6-12(11)13(16)15-9-3-4-10-17-15/h1-2,5-6H,3-4,7-10,14H2. The highest BCUT2D eigenvalue weighted by molar-refractivity contribution is 5.95. The van der Waals surface area contributed by atoms with Gasteiger partial charge in [-0.2, -0.15) is 0 Å². The van der Waals surface area contributed by atoms with Crippen LogP contribution in [0.1, 0.15) is 28.8 Å². The Morgan fingerprint density at radius 2 is 2.18 bits per heavy atom. The molecule has 92 valence electrons. The molecule has 0 saturated carbocycles. The first-order chi connectivity index (χ1) is 8.33.